The molecular formula is C7H7ClN4OS. The first-order valence-electron chi connectivity index (χ1n) is 3.95. The van der Waals surface area contributed by atoms with E-state index in [1.54, 1.807) is 6.92 Å². The van der Waals surface area contributed by atoms with Crippen LogP contribution in [0.2, 0.25) is 0 Å². The van der Waals surface area contributed by atoms with E-state index in [9.17, 15) is 0 Å². The summed E-state index contributed by atoms with van der Waals surface area (Å²) in [6.45, 7) is 3.61. The maximum absolute atomic E-state index is 5.79. The van der Waals surface area contributed by atoms with E-state index in [1.165, 1.54) is 11.5 Å². The smallest absolute Gasteiger partial charge is 0.261 e. The SMILES string of the molecule is Cc1nnsc1-c1nnc(C(C)Cl)o1. The summed E-state index contributed by atoms with van der Waals surface area (Å²) in [5.41, 5.74) is 0.785. The summed E-state index contributed by atoms with van der Waals surface area (Å²) in [6, 6.07) is 0. The maximum Gasteiger partial charge on any atom is 0.261 e. The molecule has 2 heterocycles. The zero-order valence-corrected chi connectivity index (χ0v) is 9.13. The monoisotopic (exact) mass is 230 g/mol. The summed E-state index contributed by atoms with van der Waals surface area (Å²) in [5, 5.41) is 11.3. The highest BCUT2D eigenvalue weighted by molar-refractivity contribution is 7.09. The minimum absolute atomic E-state index is 0.280. The van der Waals surface area contributed by atoms with Gasteiger partial charge < -0.3 is 4.42 Å². The van der Waals surface area contributed by atoms with Gasteiger partial charge in [0.25, 0.3) is 5.89 Å². The fourth-order valence-electron chi connectivity index (χ4n) is 0.915. The van der Waals surface area contributed by atoms with Crippen LogP contribution in [-0.4, -0.2) is 19.8 Å². The topological polar surface area (TPSA) is 64.7 Å². The Bertz CT molecular complexity index is 438. The van der Waals surface area contributed by atoms with Crippen molar-refractivity contribution >= 4 is 23.1 Å². The summed E-state index contributed by atoms with van der Waals surface area (Å²) >= 11 is 7.02. The Balaban J connectivity index is 2.39. The molecule has 0 spiro atoms. The quantitative estimate of drug-likeness (QED) is 0.740. The fraction of sp³-hybridized carbons (Fsp3) is 0.429. The molecule has 0 saturated carbocycles. The zero-order valence-electron chi connectivity index (χ0n) is 7.56. The lowest BCUT2D eigenvalue weighted by Gasteiger charge is -1.91. The van der Waals surface area contributed by atoms with Crippen molar-refractivity contribution < 1.29 is 4.42 Å². The van der Waals surface area contributed by atoms with E-state index in [0.29, 0.717) is 11.8 Å². The van der Waals surface area contributed by atoms with Gasteiger partial charge >= 0.3 is 0 Å². The van der Waals surface area contributed by atoms with Gasteiger partial charge in [-0.25, -0.2) is 0 Å². The Kier molecular flexibility index (Phi) is 2.47. The Hall–Kier alpha value is -1.01. The number of rotatable bonds is 2. The molecule has 0 aliphatic rings. The minimum Gasteiger partial charge on any atom is -0.418 e. The van der Waals surface area contributed by atoms with Crippen LogP contribution in [0.5, 0.6) is 0 Å². The van der Waals surface area contributed by atoms with E-state index in [-0.39, 0.29) is 5.38 Å². The summed E-state index contributed by atoms with van der Waals surface area (Å²) < 4.78 is 9.13. The third kappa shape index (κ3) is 1.62. The highest BCUT2D eigenvalue weighted by Crippen LogP contribution is 2.26. The molecule has 7 heteroatoms. The predicted molar refractivity (Wildman–Crippen MR) is 52.2 cm³/mol. The molecule has 14 heavy (non-hydrogen) atoms. The lowest BCUT2D eigenvalue weighted by molar-refractivity contribution is 0.508. The first kappa shape index (κ1) is 9.54. The Morgan fingerprint density at radius 2 is 2.14 bits per heavy atom. The number of hydrogen-bond donors (Lipinski definition) is 0. The standard InChI is InChI=1S/C7H7ClN4OS/c1-3(8)6-10-11-7(13-6)5-4(2)9-12-14-5/h3H,1-2H3. The first-order valence-corrected chi connectivity index (χ1v) is 5.16. The predicted octanol–water partition coefficient (Wildman–Crippen LogP) is 2.20. The van der Waals surface area contributed by atoms with E-state index in [4.69, 9.17) is 16.0 Å². The van der Waals surface area contributed by atoms with Crippen molar-refractivity contribution in [3.63, 3.8) is 0 Å². The van der Waals surface area contributed by atoms with Gasteiger partial charge in [-0.15, -0.1) is 26.9 Å². The van der Waals surface area contributed by atoms with Crippen LogP contribution in [-0.2, 0) is 0 Å². The van der Waals surface area contributed by atoms with Crippen molar-refractivity contribution in [2.45, 2.75) is 19.2 Å². The van der Waals surface area contributed by atoms with Gasteiger partial charge in [0.1, 0.15) is 10.3 Å². The van der Waals surface area contributed by atoms with Crippen molar-refractivity contribution in [1.82, 2.24) is 19.8 Å². The van der Waals surface area contributed by atoms with Gasteiger partial charge in [0.05, 0.1) is 5.69 Å². The molecule has 0 N–H and O–H groups in total. The van der Waals surface area contributed by atoms with Crippen molar-refractivity contribution in [2.75, 3.05) is 0 Å². The summed E-state index contributed by atoms with van der Waals surface area (Å²) in [5.74, 6) is 0.842. The number of aryl methyl sites for hydroxylation is 1. The highest BCUT2D eigenvalue weighted by Gasteiger charge is 2.16. The van der Waals surface area contributed by atoms with Gasteiger partial charge in [0, 0.05) is 0 Å². The molecule has 1 atom stereocenters. The summed E-state index contributed by atoms with van der Waals surface area (Å²) in [6.07, 6.45) is 0. The molecule has 0 radical (unpaired) electrons. The third-order valence-electron chi connectivity index (χ3n) is 1.63. The molecule has 0 aliphatic heterocycles. The molecule has 1 unspecified atom stereocenters. The number of hydrogen-bond acceptors (Lipinski definition) is 6. The molecule has 0 fully saturated rings. The lowest BCUT2D eigenvalue weighted by Crippen LogP contribution is -1.81. The van der Waals surface area contributed by atoms with Crippen LogP contribution in [0.4, 0.5) is 0 Å². The molecule has 0 aromatic carbocycles. The first-order chi connectivity index (χ1) is 6.68. The van der Waals surface area contributed by atoms with Crippen molar-refractivity contribution in [3.05, 3.63) is 11.6 Å². The average Bonchev–Trinajstić information content (AvgIpc) is 2.71. The number of alkyl halides is 1. The van der Waals surface area contributed by atoms with Crippen LogP contribution < -0.4 is 0 Å². The summed E-state index contributed by atoms with van der Waals surface area (Å²) in [4.78, 5) is 0.793. The highest BCUT2D eigenvalue weighted by atomic mass is 35.5. The van der Waals surface area contributed by atoms with E-state index in [1.807, 2.05) is 6.92 Å². The van der Waals surface area contributed by atoms with Gasteiger partial charge in [0.2, 0.25) is 5.89 Å². The average molecular weight is 231 g/mol. The zero-order chi connectivity index (χ0) is 10.1. The fourth-order valence-corrected chi connectivity index (χ4v) is 1.58. The second kappa shape index (κ2) is 3.62. The molecule has 0 amide bonds. The van der Waals surface area contributed by atoms with E-state index >= 15 is 0 Å². The number of halogens is 1. The van der Waals surface area contributed by atoms with Gasteiger partial charge in [0.15, 0.2) is 0 Å². The van der Waals surface area contributed by atoms with Crippen molar-refractivity contribution in [1.29, 1.82) is 0 Å². The molecule has 5 nitrogen and oxygen atoms in total. The van der Waals surface area contributed by atoms with E-state index in [0.717, 1.165) is 10.6 Å². The molecule has 74 valence electrons. The lowest BCUT2D eigenvalue weighted by atomic mass is 10.4. The Morgan fingerprint density at radius 3 is 2.64 bits per heavy atom. The molecule has 2 rings (SSSR count). The van der Waals surface area contributed by atoms with Crippen LogP contribution in [0.25, 0.3) is 10.8 Å². The van der Waals surface area contributed by atoms with Gasteiger partial charge in [-0.1, -0.05) is 4.49 Å². The van der Waals surface area contributed by atoms with Crippen LogP contribution in [0.1, 0.15) is 23.9 Å². The van der Waals surface area contributed by atoms with Crippen LogP contribution in [0, 0.1) is 6.92 Å². The summed E-state index contributed by atoms with van der Waals surface area (Å²) in [7, 11) is 0. The van der Waals surface area contributed by atoms with Crippen molar-refractivity contribution in [2.24, 2.45) is 0 Å². The van der Waals surface area contributed by atoms with Crippen LogP contribution >= 0.6 is 23.1 Å². The van der Waals surface area contributed by atoms with Gasteiger partial charge in [-0.05, 0) is 25.4 Å². The molecule has 0 aliphatic carbocycles. The molecule has 0 bridgehead atoms. The molecule has 2 aromatic rings. The van der Waals surface area contributed by atoms with E-state index < -0.39 is 0 Å². The van der Waals surface area contributed by atoms with Crippen molar-refractivity contribution in [3.8, 4) is 10.8 Å². The molecule has 2 aromatic heterocycles. The van der Waals surface area contributed by atoms with E-state index in [2.05, 4.69) is 19.8 Å². The second-order valence-corrected chi connectivity index (χ2v) is 4.16. The largest absolute Gasteiger partial charge is 0.418 e. The third-order valence-corrected chi connectivity index (χ3v) is 2.63. The number of nitrogens with zero attached hydrogens (tertiary/aromatic N) is 4. The second-order valence-electron chi connectivity index (χ2n) is 2.75. The Labute approximate surface area is 89.3 Å². The molecular weight excluding hydrogens is 224 g/mol. The number of aromatic nitrogens is 4. The maximum atomic E-state index is 5.79. The minimum atomic E-state index is -0.280. The van der Waals surface area contributed by atoms with Gasteiger partial charge in [-0.3, -0.25) is 0 Å². The normalized spacial score (nSPS) is 13.1. The van der Waals surface area contributed by atoms with Crippen LogP contribution in [0.3, 0.4) is 0 Å². The van der Waals surface area contributed by atoms with Crippen LogP contribution in [0.15, 0.2) is 4.42 Å². The molecule has 0 saturated heterocycles. The van der Waals surface area contributed by atoms with Gasteiger partial charge in [-0.2, -0.15) is 0 Å². The Morgan fingerprint density at radius 1 is 1.36 bits per heavy atom.